The van der Waals surface area contributed by atoms with Crippen molar-refractivity contribution in [2.75, 3.05) is 23.3 Å². The Balaban J connectivity index is 1.72. The van der Waals surface area contributed by atoms with Crippen LogP contribution in [0.5, 0.6) is 0 Å². The maximum atomic E-state index is 13.5. The molecule has 10 nitrogen and oxygen atoms in total. The predicted molar refractivity (Wildman–Crippen MR) is 134 cm³/mol. The molecule has 1 aliphatic rings. The molecule has 3 heterocycles. The van der Waals surface area contributed by atoms with E-state index in [2.05, 4.69) is 32.1 Å². The summed E-state index contributed by atoms with van der Waals surface area (Å²) in [5, 5.41) is 6.95. The van der Waals surface area contributed by atoms with Crippen molar-refractivity contribution in [2.24, 2.45) is 5.73 Å². The molecule has 10 heteroatoms. The van der Waals surface area contributed by atoms with E-state index in [1.165, 1.54) is 6.20 Å². The lowest BCUT2D eigenvalue weighted by Gasteiger charge is -2.31. The number of fused-ring (bicyclic) bond motifs is 1. The topological polar surface area (TPSA) is 128 Å². The molecule has 0 saturated carbocycles. The van der Waals surface area contributed by atoms with E-state index in [-0.39, 0.29) is 37.2 Å². The number of rotatable bonds is 7. The Morgan fingerprint density at radius 3 is 2.83 bits per heavy atom. The largest absolute Gasteiger partial charge is 0.341 e. The van der Waals surface area contributed by atoms with E-state index >= 15 is 0 Å². The Morgan fingerprint density at radius 1 is 1.29 bits per heavy atom. The van der Waals surface area contributed by atoms with Crippen molar-refractivity contribution in [3.05, 3.63) is 46.4 Å². The van der Waals surface area contributed by atoms with Gasteiger partial charge < -0.3 is 16.0 Å². The number of hydrogen-bond acceptors (Lipinski definition) is 7. The second kappa shape index (κ2) is 10.5. The molecule has 35 heavy (non-hydrogen) atoms. The lowest BCUT2D eigenvalue weighted by Crippen LogP contribution is -2.44. The molecule has 1 unspecified atom stereocenters. The molecule has 2 aromatic heterocycles. The zero-order chi connectivity index (χ0) is 24.9. The van der Waals surface area contributed by atoms with Crippen LogP contribution in [0.1, 0.15) is 43.5 Å². The van der Waals surface area contributed by atoms with Gasteiger partial charge in [-0.25, -0.2) is 9.67 Å². The number of benzene rings is 1. The first-order chi connectivity index (χ1) is 16.9. The van der Waals surface area contributed by atoms with Gasteiger partial charge in [0.25, 0.3) is 5.56 Å². The van der Waals surface area contributed by atoms with Gasteiger partial charge in [-0.1, -0.05) is 25.0 Å². The van der Waals surface area contributed by atoms with Crippen molar-refractivity contribution in [1.82, 2.24) is 19.3 Å². The minimum Gasteiger partial charge on any atom is -0.341 e. The number of nitrogens with zero attached hydrogens (tertiary/aromatic N) is 5. The van der Waals surface area contributed by atoms with Gasteiger partial charge in [0.2, 0.25) is 11.9 Å². The lowest BCUT2D eigenvalue weighted by molar-refractivity contribution is -0.115. The zero-order valence-corrected chi connectivity index (χ0v) is 20.0. The van der Waals surface area contributed by atoms with E-state index in [0.717, 1.165) is 24.1 Å². The summed E-state index contributed by atoms with van der Waals surface area (Å²) >= 11 is 0. The highest BCUT2D eigenvalue weighted by Gasteiger charge is 2.25. The van der Waals surface area contributed by atoms with Gasteiger partial charge in [0.05, 0.1) is 18.4 Å². The second-order valence-corrected chi connectivity index (χ2v) is 8.48. The quantitative estimate of drug-likeness (QED) is 0.394. The first kappa shape index (κ1) is 24.2. The molecule has 0 radical (unpaired) electrons. The third-order valence-corrected chi connectivity index (χ3v) is 6.00. The predicted octanol–water partition coefficient (Wildman–Crippen LogP) is 1.78. The second-order valence-electron chi connectivity index (χ2n) is 8.48. The fourth-order valence-corrected chi connectivity index (χ4v) is 4.22. The Hall–Kier alpha value is -3.97. The molecule has 1 aromatic carbocycles. The van der Waals surface area contributed by atoms with E-state index in [1.807, 2.05) is 0 Å². The van der Waals surface area contributed by atoms with Gasteiger partial charge in [0.1, 0.15) is 17.6 Å². The van der Waals surface area contributed by atoms with Crippen molar-refractivity contribution >= 4 is 34.4 Å². The highest BCUT2D eigenvalue weighted by molar-refractivity contribution is 6.04. The van der Waals surface area contributed by atoms with E-state index in [1.54, 1.807) is 42.7 Å². The number of aromatic nitrogens is 4. The van der Waals surface area contributed by atoms with Crippen LogP contribution in [0.15, 0.2) is 35.3 Å². The van der Waals surface area contributed by atoms with Gasteiger partial charge in [-0.2, -0.15) is 5.10 Å². The third-order valence-electron chi connectivity index (χ3n) is 6.00. The number of carbonyl (C=O) groups excluding carboxylic acids is 2. The number of nitrogens with one attached hydrogen (secondary N) is 1. The number of ketones is 1. The van der Waals surface area contributed by atoms with Crippen molar-refractivity contribution in [1.29, 1.82) is 0 Å². The van der Waals surface area contributed by atoms with Gasteiger partial charge in [-0.15, -0.1) is 5.92 Å². The van der Waals surface area contributed by atoms with Crippen LogP contribution in [0.4, 0.5) is 11.6 Å². The molecule has 1 fully saturated rings. The summed E-state index contributed by atoms with van der Waals surface area (Å²) in [4.78, 5) is 45.2. The molecule has 1 amide bonds. The fourth-order valence-electron chi connectivity index (χ4n) is 4.22. The maximum Gasteiger partial charge on any atom is 0.293 e. The van der Waals surface area contributed by atoms with Gasteiger partial charge >= 0.3 is 0 Å². The lowest BCUT2D eigenvalue weighted by atomic mass is 10.1. The first-order valence-electron chi connectivity index (χ1n) is 11.7. The molecule has 1 aliphatic heterocycles. The summed E-state index contributed by atoms with van der Waals surface area (Å²) in [7, 11) is 0. The number of Topliss-reactive ketones (excluding diaryl/α,β-unsaturated/α-hetero) is 1. The minimum atomic E-state index is -0.427. The molecule has 182 valence electrons. The van der Waals surface area contributed by atoms with Crippen LogP contribution >= 0.6 is 0 Å². The Kier molecular flexibility index (Phi) is 7.27. The van der Waals surface area contributed by atoms with Crippen LogP contribution in [0.25, 0.3) is 11.0 Å². The summed E-state index contributed by atoms with van der Waals surface area (Å²) in [6, 6.07) is 6.77. The SMILES string of the molecule is CC#CCn1c(N2CCCC(N)C2)nc2cnn(CC(=O)c3ccccc3NC(=O)CC)c(=O)c21. The molecule has 0 aliphatic carbocycles. The van der Waals surface area contributed by atoms with Crippen LogP contribution in [-0.2, 0) is 17.9 Å². The molecule has 1 saturated heterocycles. The Morgan fingerprint density at radius 2 is 2.09 bits per heavy atom. The smallest absolute Gasteiger partial charge is 0.293 e. The molecule has 0 bridgehead atoms. The monoisotopic (exact) mass is 475 g/mol. The Bertz CT molecular complexity index is 1380. The molecule has 3 N–H and O–H groups in total. The molecule has 4 rings (SSSR count). The van der Waals surface area contributed by atoms with E-state index in [9.17, 15) is 14.4 Å². The van der Waals surface area contributed by atoms with Gasteiger partial charge in [0, 0.05) is 31.1 Å². The van der Waals surface area contributed by atoms with E-state index in [0.29, 0.717) is 34.8 Å². The van der Waals surface area contributed by atoms with Crippen LogP contribution in [0.3, 0.4) is 0 Å². The normalized spacial score (nSPS) is 15.5. The van der Waals surface area contributed by atoms with E-state index < -0.39 is 5.56 Å². The molecule has 1 atom stereocenters. The maximum absolute atomic E-state index is 13.5. The Labute approximate surface area is 203 Å². The van der Waals surface area contributed by atoms with Crippen LogP contribution < -0.4 is 21.5 Å². The number of imidazole rings is 1. The van der Waals surface area contributed by atoms with Crippen molar-refractivity contribution in [2.45, 2.75) is 52.2 Å². The number of amides is 1. The summed E-state index contributed by atoms with van der Waals surface area (Å²) in [6.45, 7) is 4.91. The summed E-state index contributed by atoms with van der Waals surface area (Å²) in [6.07, 6.45) is 3.67. The third kappa shape index (κ3) is 5.10. The summed E-state index contributed by atoms with van der Waals surface area (Å²) in [5.41, 5.74) is 7.26. The van der Waals surface area contributed by atoms with Crippen LogP contribution in [0, 0.1) is 11.8 Å². The number of hydrogen-bond donors (Lipinski definition) is 2. The van der Waals surface area contributed by atoms with Gasteiger partial charge in [-0.3, -0.25) is 19.0 Å². The number of para-hydroxylation sites is 1. The minimum absolute atomic E-state index is 0.0370. The number of nitrogens with two attached hydrogens (primary N) is 1. The highest BCUT2D eigenvalue weighted by Crippen LogP contribution is 2.23. The molecule has 0 spiro atoms. The van der Waals surface area contributed by atoms with E-state index in [4.69, 9.17) is 5.73 Å². The number of piperidine rings is 1. The van der Waals surface area contributed by atoms with Crippen LogP contribution in [0.2, 0.25) is 0 Å². The van der Waals surface area contributed by atoms with Gasteiger partial charge in [-0.05, 0) is 31.9 Å². The zero-order valence-electron chi connectivity index (χ0n) is 20.0. The molecular formula is C25H29N7O3. The number of carbonyl (C=O) groups is 2. The van der Waals surface area contributed by atoms with Gasteiger partial charge in [0.15, 0.2) is 5.78 Å². The fraction of sp³-hybridized carbons (Fsp3) is 0.400. The van der Waals surface area contributed by atoms with Crippen molar-refractivity contribution in [3.8, 4) is 11.8 Å². The average Bonchev–Trinajstić information content (AvgIpc) is 3.24. The first-order valence-corrected chi connectivity index (χ1v) is 11.7. The number of anilines is 2. The summed E-state index contributed by atoms with van der Waals surface area (Å²) in [5.74, 6) is 5.98. The van der Waals surface area contributed by atoms with Crippen molar-refractivity contribution < 1.29 is 9.59 Å². The molecule has 3 aromatic rings. The van der Waals surface area contributed by atoms with Crippen LogP contribution in [-0.4, -0.2) is 50.2 Å². The van der Waals surface area contributed by atoms with Crippen molar-refractivity contribution in [3.63, 3.8) is 0 Å². The standard InChI is InChI=1S/C25H29N7O3/c1-3-5-13-31-23-20(29-25(31)30-12-8-9-17(26)15-30)14-27-32(24(23)35)16-21(33)18-10-6-7-11-19(18)28-22(34)4-2/h6-7,10-11,14,17H,4,8-9,12-13,15-16,26H2,1-2H3,(H,28,34). The highest BCUT2D eigenvalue weighted by atomic mass is 16.2. The summed E-state index contributed by atoms with van der Waals surface area (Å²) < 4.78 is 2.91. The molecular weight excluding hydrogens is 446 g/mol. The average molecular weight is 476 g/mol.